The van der Waals surface area contributed by atoms with Crippen molar-refractivity contribution >= 4 is 11.9 Å². The van der Waals surface area contributed by atoms with Gasteiger partial charge in [0.25, 0.3) is 0 Å². The van der Waals surface area contributed by atoms with Gasteiger partial charge in [-0.15, -0.1) is 0 Å². The van der Waals surface area contributed by atoms with E-state index in [1.807, 2.05) is 6.08 Å². The van der Waals surface area contributed by atoms with Crippen LogP contribution in [0.3, 0.4) is 0 Å². The smallest absolute Gasteiger partial charge is 0.305 e. The van der Waals surface area contributed by atoms with Gasteiger partial charge in [0.2, 0.25) is 5.91 Å². The van der Waals surface area contributed by atoms with Crippen LogP contribution in [0.1, 0.15) is 271 Å². The Labute approximate surface area is 361 Å². The molecule has 0 spiro atoms. The van der Waals surface area contributed by atoms with Gasteiger partial charge in [0.15, 0.2) is 0 Å². The molecule has 0 aliphatic carbocycles. The van der Waals surface area contributed by atoms with Gasteiger partial charge in [0.05, 0.1) is 25.4 Å². The summed E-state index contributed by atoms with van der Waals surface area (Å²) >= 11 is 0. The minimum atomic E-state index is -0.859. The van der Waals surface area contributed by atoms with Crippen molar-refractivity contribution in [3.8, 4) is 0 Å². The third-order valence-electron chi connectivity index (χ3n) is 11.7. The molecule has 58 heavy (non-hydrogen) atoms. The highest BCUT2D eigenvalue weighted by Crippen LogP contribution is 2.16. The number of carbonyl (C=O) groups excluding carboxylic acids is 2. The number of carbonyl (C=O) groups is 2. The van der Waals surface area contributed by atoms with E-state index in [0.29, 0.717) is 19.4 Å². The molecular weight excluding hydrogens is 719 g/mol. The molecule has 342 valence electrons. The molecule has 0 fully saturated rings. The van der Waals surface area contributed by atoms with E-state index in [1.165, 1.54) is 167 Å². The molecule has 6 heteroatoms. The highest BCUT2D eigenvalue weighted by molar-refractivity contribution is 5.76. The van der Waals surface area contributed by atoms with Gasteiger partial charge in [0.1, 0.15) is 0 Å². The highest BCUT2D eigenvalue weighted by atomic mass is 16.5. The summed E-state index contributed by atoms with van der Waals surface area (Å²) in [6.45, 7) is 4.84. The minimum Gasteiger partial charge on any atom is -0.466 e. The average Bonchev–Trinajstić information content (AvgIpc) is 3.22. The summed E-state index contributed by atoms with van der Waals surface area (Å²) < 4.78 is 5.45. The third-order valence-corrected chi connectivity index (χ3v) is 11.7. The Morgan fingerprint density at radius 1 is 0.466 bits per heavy atom. The van der Waals surface area contributed by atoms with E-state index in [2.05, 4.69) is 31.3 Å². The van der Waals surface area contributed by atoms with Gasteiger partial charge in [-0.25, -0.2) is 0 Å². The molecule has 0 saturated carbocycles. The second-order valence-corrected chi connectivity index (χ2v) is 17.5. The van der Waals surface area contributed by atoms with Crippen LogP contribution in [-0.4, -0.2) is 47.4 Å². The van der Waals surface area contributed by atoms with E-state index >= 15 is 0 Å². The van der Waals surface area contributed by atoms with Crippen molar-refractivity contribution in [2.75, 3.05) is 13.2 Å². The van der Waals surface area contributed by atoms with Gasteiger partial charge in [-0.3, -0.25) is 9.59 Å². The predicted octanol–water partition coefficient (Wildman–Crippen LogP) is 15.1. The zero-order valence-electron chi connectivity index (χ0n) is 38.8. The van der Waals surface area contributed by atoms with Gasteiger partial charge in [-0.05, 0) is 64.2 Å². The Balaban J connectivity index is 3.52. The quantitative estimate of drug-likeness (QED) is 0.0323. The van der Waals surface area contributed by atoms with Crippen molar-refractivity contribution in [1.29, 1.82) is 0 Å². The van der Waals surface area contributed by atoms with E-state index < -0.39 is 12.1 Å². The van der Waals surface area contributed by atoms with E-state index in [0.717, 1.165) is 77.0 Å². The standard InChI is InChI=1S/C52H99NO5/c1-3-5-7-9-11-13-15-17-18-19-21-26-30-34-38-42-46-52(57)58-47-43-39-35-31-27-23-22-25-29-33-37-41-45-51(56)53-49(48-54)50(55)44-40-36-32-28-24-20-16-14-12-10-8-6-4-2/h23,27,40,44,49-50,54-55H,3-22,24-26,28-39,41-43,45-48H2,1-2H3,(H,53,56)/b27-23-,44-40+. The summed E-state index contributed by atoms with van der Waals surface area (Å²) in [7, 11) is 0. The number of nitrogens with one attached hydrogen (secondary N) is 1. The maximum Gasteiger partial charge on any atom is 0.305 e. The van der Waals surface area contributed by atoms with Crippen LogP contribution >= 0.6 is 0 Å². The molecule has 2 atom stereocenters. The lowest BCUT2D eigenvalue weighted by Gasteiger charge is -2.20. The first kappa shape index (κ1) is 56.3. The topological polar surface area (TPSA) is 95.9 Å². The second-order valence-electron chi connectivity index (χ2n) is 17.5. The molecule has 0 heterocycles. The molecule has 0 bridgehead atoms. The van der Waals surface area contributed by atoms with Crippen LogP contribution in [0.5, 0.6) is 0 Å². The van der Waals surface area contributed by atoms with Crippen LogP contribution in [0.4, 0.5) is 0 Å². The lowest BCUT2D eigenvalue weighted by atomic mass is 10.0. The van der Waals surface area contributed by atoms with Gasteiger partial charge in [-0.1, -0.05) is 218 Å². The number of rotatable bonds is 47. The zero-order valence-corrected chi connectivity index (χ0v) is 38.8. The lowest BCUT2D eigenvalue weighted by molar-refractivity contribution is -0.143. The number of ether oxygens (including phenoxy) is 1. The normalized spacial score (nSPS) is 12.8. The van der Waals surface area contributed by atoms with Crippen molar-refractivity contribution in [2.24, 2.45) is 0 Å². The summed E-state index contributed by atoms with van der Waals surface area (Å²) in [6.07, 6.45) is 56.0. The molecule has 1 amide bonds. The summed E-state index contributed by atoms with van der Waals surface area (Å²) in [5, 5.41) is 23.0. The van der Waals surface area contributed by atoms with Crippen molar-refractivity contribution in [3.05, 3.63) is 24.3 Å². The van der Waals surface area contributed by atoms with Crippen molar-refractivity contribution in [1.82, 2.24) is 5.32 Å². The van der Waals surface area contributed by atoms with E-state index in [9.17, 15) is 19.8 Å². The Bertz CT molecular complexity index is 904. The monoisotopic (exact) mass is 818 g/mol. The number of hydrogen-bond acceptors (Lipinski definition) is 5. The Kier molecular flexibility index (Phi) is 46.6. The van der Waals surface area contributed by atoms with Gasteiger partial charge < -0.3 is 20.3 Å². The molecule has 0 aromatic carbocycles. The summed E-state index contributed by atoms with van der Waals surface area (Å²) in [5.41, 5.74) is 0. The maximum absolute atomic E-state index is 12.4. The molecule has 0 radical (unpaired) electrons. The molecule has 0 rings (SSSR count). The van der Waals surface area contributed by atoms with Crippen LogP contribution in [0.15, 0.2) is 24.3 Å². The number of amides is 1. The number of esters is 1. The highest BCUT2D eigenvalue weighted by Gasteiger charge is 2.18. The molecular formula is C52H99NO5. The third kappa shape index (κ3) is 43.9. The van der Waals surface area contributed by atoms with Crippen LogP contribution in [0.2, 0.25) is 0 Å². The average molecular weight is 818 g/mol. The minimum absolute atomic E-state index is 0.0214. The van der Waals surface area contributed by atoms with Crippen LogP contribution in [-0.2, 0) is 14.3 Å². The Morgan fingerprint density at radius 3 is 1.22 bits per heavy atom. The first-order valence-electron chi connectivity index (χ1n) is 25.6. The Morgan fingerprint density at radius 2 is 0.810 bits per heavy atom. The fraction of sp³-hybridized carbons (Fsp3) is 0.885. The maximum atomic E-state index is 12.4. The lowest BCUT2D eigenvalue weighted by Crippen LogP contribution is -2.45. The Hall–Kier alpha value is -1.66. The second kappa shape index (κ2) is 48.0. The molecule has 3 N–H and O–H groups in total. The molecule has 0 aromatic rings. The molecule has 0 aliphatic rings. The van der Waals surface area contributed by atoms with Crippen molar-refractivity contribution in [2.45, 2.75) is 283 Å². The molecule has 6 nitrogen and oxygen atoms in total. The largest absolute Gasteiger partial charge is 0.466 e. The molecule has 0 aromatic heterocycles. The first-order chi connectivity index (χ1) is 28.5. The van der Waals surface area contributed by atoms with Gasteiger partial charge in [-0.2, -0.15) is 0 Å². The predicted molar refractivity (Wildman–Crippen MR) is 250 cm³/mol. The number of aliphatic hydroxyl groups is 2. The van der Waals surface area contributed by atoms with E-state index in [4.69, 9.17) is 4.74 Å². The number of unbranched alkanes of at least 4 members (excludes halogenated alkanes) is 34. The van der Waals surface area contributed by atoms with Gasteiger partial charge >= 0.3 is 5.97 Å². The van der Waals surface area contributed by atoms with Crippen molar-refractivity contribution < 1.29 is 24.5 Å². The van der Waals surface area contributed by atoms with Crippen LogP contribution in [0, 0.1) is 0 Å². The summed E-state index contributed by atoms with van der Waals surface area (Å²) in [6, 6.07) is -0.645. The van der Waals surface area contributed by atoms with Crippen molar-refractivity contribution in [3.63, 3.8) is 0 Å². The first-order valence-corrected chi connectivity index (χ1v) is 25.6. The number of hydrogen-bond donors (Lipinski definition) is 3. The zero-order chi connectivity index (χ0) is 42.3. The summed E-state index contributed by atoms with van der Waals surface area (Å²) in [4.78, 5) is 24.4. The molecule has 0 aliphatic heterocycles. The fourth-order valence-electron chi connectivity index (χ4n) is 7.74. The fourth-order valence-corrected chi connectivity index (χ4v) is 7.74. The number of aliphatic hydroxyl groups excluding tert-OH is 2. The van der Waals surface area contributed by atoms with E-state index in [1.54, 1.807) is 6.08 Å². The summed E-state index contributed by atoms with van der Waals surface area (Å²) in [5.74, 6) is -0.115. The SMILES string of the molecule is CCCCCCCCCCCCC/C=C/C(O)C(CO)NC(=O)CCCCCCC/C=C\CCCCCOC(=O)CCCCCCCCCCCCCCCCCC. The van der Waals surface area contributed by atoms with E-state index in [-0.39, 0.29) is 18.5 Å². The van der Waals surface area contributed by atoms with Crippen LogP contribution < -0.4 is 5.32 Å². The van der Waals surface area contributed by atoms with Crippen LogP contribution in [0.25, 0.3) is 0 Å². The molecule has 2 unspecified atom stereocenters. The molecule has 0 saturated heterocycles. The van der Waals surface area contributed by atoms with Gasteiger partial charge in [0, 0.05) is 12.8 Å². The number of allylic oxidation sites excluding steroid dienone is 3.